The predicted molar refractivity (Wildman–Crippen MR) is 146 cm³/mol. The number of piperazine rings is 1. The summed E-state index contributed by atoms with van der Waals surface area (Å²) in [6.07, 6.45) is -3.00. The zero-order valence-corrected chi connectivity index (χ0v) is 22.4. The minimum absolute atomic E-state index is 0.0551. The first kappa shape index (κ1) is 29.0. The zero-order valence-electron chi connectivity index (χ0n) is 22.4. The Morgan fingerprint density at radius 3 is 2.58 bits per heavy atom. The number of anilines is 3. The Morgan fingerprint density at radius 1 is 1.12 bits per heavy atom. The largest absolute Gasteiger partial charge is 0.491 e. The zero-order chi connectivity index (χ0) is 28.7. The fourth-order valence-electron chi connectivity index (χ4n) is 4.26. The lowest BCUT2D eigenvalue weighted by Gasteiger charge is -2.37. The number of rotatable bonds is 11. The first-order chi connectivity index (χ1) is 19.1. The molecule has 1 fully saturated rings. The summed E-state index contributed by atoms with van der Waals surface area (Å²) in [5.74, 6) is 1.67. The summed E-state index contributed by atoms with van der Waals surface area (Å²) in [5, 5.41) is 0. The molecule has 216 valence electrons. The van der Waals surface area contributed by atoms with Crippen LogP contribution in [-0.4, -0.2) is 87.3 Å². The van der Waals surface area contributed by atoms with Crippen molar-refractivity contribution in [1.82, 2.24) is 14.9 Å². The minimum Gasteiger partial charge on any atom is -0.491 e. The third-order valence-electron chi connectivity index (χ3n) is 6.41. The number of nitrogens with zero attached hydrogens (tertiary/aromatic N) is 6. The molecule has 0 unspecified atom stereocenters. The van der Waals surface area contributed by atoms with E-state index in [2.05, 4.69) is 19.9 Å². The molecular formula is C26H33F3N8O3. The smallest absolute Gasteiger partial charge is 0.418 e. The van der Waals surface area contributed by atoms with Crippen molar-refractivity contribution in [3.05, 3.63) is 54.0 Å². The summed E-state index contributed by atoms with van der Waals surface area (Å²) < 4.78 is 57.1. The number of hydrogen-bond donors (Lipinski definition) is 2. The number of benzene rings is 1. The SMILES string of the molecule is COCCOc1ccc(N2CCN(CCN(C)c3cc(/N=C(\N)c4ccco4)nc(N)n3)CC2)c(C(F)(F)F)c1. The lowest BCUT2D eigenvalue weighted by atomic mass is 10.1. The second-order valence-electron chi connectivity index (χ2n) is 9.19. The van der Waals surface area contributed by atoms with E-state index in [9.17, 15) is 13.2 Å². The Balaban J connectivity index is 1.34. The number of furan rings is 1. The molecule has 2 aromatic heterocycles. The third-order valence-corrected chi connectivity index (χ3v) is 6.41. The number of amidine groups is 1. The molecular weight excluding hydrogens is 529 g/mol. The van der Waals surface area contributed by atoms with Crippen LogP contribution in [0, 0.1) is 0 Å². The molecule has 1 saturated heterocycles. The molecule has 14 heteroatoms. The molecule has 3 heterocycles. The predicted octanol–water partition coefficient (Wildman–Crippen LogP) is 2.99. The van der Waals surface area contributed by atoms with Crippen LogP contribution < -0.4 is 26.0 Å². The molecule has 3 aromatic rings. The summed E-state index contributed by atoms with van der Waals surface area (Å²) in [7, 11) is 3.37. The maximum Gasteiger partial charge on any atom is 0.418 e. The monoisotopic (exact) mass is 562 g/mol. The number of nitrogen functional groups attached to an aromatic ring is 1. The van der Waals surface area contributed by atoms with Crippen LogP contribution in [0.15, 0.2) is 52.1 Å². The Hall–Kier alpha value is -4.04. The highest BCUT2D eigenvalue weighted by Crippen LogP contribution is 2.39. The van der Waals surface area contributed by atoms with Crippen LogP contribution in [0.25, 0.3) is 0 Å². The minimum atomic E-state index is -4.50. The van der Waals surface area contributed by atoms with Crippen molar-refractivity contribution < 1.29 is 27.1 Å². The molecule has 4 rings (SSSR count). The molecule has 0 spiro atoms. The lowest BCUT2D eigenvalue weighted by molar-refractivity contribution is -0.137. The van der Waals surface area contributed by atoms with E-state index in [1.54, 1.807) is 29.2 Å². The van der Waals surface area contributed by atoms with Crippen LogP contribution in [0.3, 0.4) is 0 Å². The van der Waals surface area contributed by atoms with Crippen molar-refractivity contribution in [3.8, 4) is 5.75 Å². The van der Waals surface area contributed by atoms with Crippen molar-refractivity contribution in [2.75, 3.05) is 82.2 Å². The van der Waals surface area contributed by atoms with Gasteiger partial charge in [0.1, 0.15) is 18.2 Å². The van der Waals surface area contributed by atoms with E-state index in [1.807, 2.05) is 11.9 Å². The van der Waals surface area contributed by atoms with E-state index in [1.165, 1.54) is 19.4 Å². The van der Waals surface area contributed by atoms with E-state index < -0.39 is 11.7 Å². The molecule has 0 atom stereocenters. The van der Waals surface area contributed by atoms with Crippen LogP contribution in [0.2, 0.25) is 0 Å². The van der Waals surface area contributed by atoms with Crippen molar-refractivity contribution in [1.29, 1.82) is 0 Å². The Kier molecular flexibility index (Phi) is 9.32. The van der Waals surface area contributed by atoms with Gasteiger partial charge in [0, 0.05) is 65.2 Å². The molecule has 11 nitrogen and oxygen atoms in total. The first-order valence-corrected chi connectivity index (χ1v) is 12.7. The molecule has 1 aromatic carbocycles. The van der Waals surface area contributed by atoms with Crippen LogP contribution in [0.4, 0.5) is 36.4 Å². The summed E-state index contributed by atoms with van der Waals surface area (Å²) in [6.45, 7) is 3.89. The van der Waals surface area contributed by atoms with Gasteiger partial charge in [0.25, 0.3) is 0 Å². The molecule has 1 aliphatic heterocycles. The molecule has 0 saturated carbocycles. The topological polar surface area (TPSA) is 132 Å². The molecule has 0 bridgehead atoms. The molecule has 0 radical (unpaired) electrons. The van der Waals surface area contributed by atoms with Crippen molar-refractivity contribution in [3.63, 3.8) is 0 Å². The summed E-state index contributed by atoms with van der Waals surface area (Å²) in [6, 6.07) is 9.17. The van der Waals surface area contributed by atoms with Crippen LogP contribution in [0.5, 0.6) is 5.75 Å². The quantitative estimate of drug-likeness (QED) is 0.204. The summed E-state index contributed by atoms with van der Waals surface area (Å²) >= 11 is 0. The number of methoxy groups -OCH3 is 1. The van der Waals surface area contributed by atoms with Gasteiger partial charge in [-0.3, -0.25) is 4.90 Å². The van der Waals surface area contributed by atoms with E-state index in [4.69, 9.17) is 25.4 Å². The first-order valence-electron chi connectivity index (χ1n) is 12.7. The van der Waals surface area contributed by atoms with E-state index in [0.29, 0.717) is 63.3 Å². The molecule has 1 aliphatic rings. The second kappa shape index (κ2) is 12.9. The summed E-state index contributed by atoms with van der Waals surface area (Å²) in [5.41, 5.74) is 11.3. The number of hydrogen-bond acceptors (Lipinski definition) is 10. The van der Waals surface area contributed by atoms with Gasteiger partial charge in [-0.25, -0.2) is 4.99 Å². The highest BCUT2D eigenvalue weighted by molar-refractivity contribution is 5.96. The average molecular weight is 563 g/mol. The van der Waals surface area contributed by atoms with E-state index in [0.717, 1.165) is 6.07 Å². The molecule has 0 amide bonds. The number of likely N-dealkylation sites (N-methyl/N-ethyl adjacent to an activating group) is 1. The normalized spacial score (nSPS) is 14.9. The summed E-state index contributed by atoms with van der Waals surface area (Å²) in [4.78, 5) is 18.6. The maximum absolute atomic E-state index is 13.9. The fourth-order valence-corrected chi connectivity index (χ4v) is 4.26. The van der Waals surface area contributed by atoms with Crippen LogP contribution in [-0.2, 0) is 10.9 Å². The van der Waals surface area contributed by atoms with Crippen molar-refractivity contribution >= 4 is 29.1 Å². The van der Waals surface area contributed by atoms with Gasteiger partial charge in [-0.2, -0.15) is 23.1 Å². The van der Waals surface area contributed by atoms with Crippen LogP contribution >= 0.6 is 0 Å². The van der Waals surface area contributed by atoms with Gasteiger partial charge in [0.05, 0.1) is 18.4 Å². The van der Waals surface area contributed by atoms with Gasteiger partial charge in [-0.15, -0.1) is 0 Å². The van der Waals surface area contributed by atoms with E-state index in [-0.39, 0.29) is 29.8 Å². The maximum atomic E-state index is 13.9. The number of alkyl halides is 3. The number of aliphatic imine (C=N–C) groups is 1. The number of ether oxygens (including phenoxy) is 2. The van der Waals surface area contributed by atoms with Gasteiger partial charge >= 0.3 is 6.18 Å². The van der Waals surface area contributed by atoms with Gasteiger partial charge in [0.15, 0.2) is 17.4 Å². The molecule has 4 N–H and O–H groups in total. The van der Waals surface area contributed by atoms with Gasteiger partial charge in [-0.05, 0) is 30.3 Å². The standard InChI is InChI=1S/C26H33F3N8O3/c1-35(23-17-22(33-25(31)34-23)32-24(30)21-4-3-13-40-21)7-8-36-9-11-37(12-10-36)20-6-5-18(39-15-14-38-2)16-19(20)26(27,28)29/h3-6,13,16-17H,7-12,14-15H2,1-2H3,(H4,30,31,32,33,34). The number of nitrogens with two attached hydrogens (primary N) is 2. The second-order valence-corrected chi connectivity index (χ2v) is 9.19. The Morgan fingerprint density at radius 2 is 1.90 bits per heavy atom. The van der Waals surface area contributed by atoms with Gasteiger partial charge < -0.3 is 35.2 Å². The average Bonchev–Trinajstić information content (AvgIpc) is 3.47. The highest BCUT2D eigenvalue weighted by Gasteiger charge is 2.36. The third kappa shape index (κ3) is 7.54. The molecule has 0 aliphatic carbocycles. The fraction of sp³-hybridized carbons (Fsp3) is 0.423. The van der Waals surface area contributed by atoms with E-state index >= 15 is 0 Å². The Labute approximate surface area is 230 Å². The number of halogens is 3. The van der Waals surface area contributed by atoms with Gasteiger partial charge in [0.2, 0.25) is 5.95 Å². The van der Waals surface area contributed by atoms with Crippen molar-refractivity contribution in [2.24, 2.45) is 10.7 Å². The van der Waals surface area contributed by atoms with Crippen LogP contribution in [0.1, 0.15) is 11.3 Å². The number of aromatic nitrogens is 2. The van der Waals surface area contributed by atoms with Gasteiger partial charge in [-0.1, -0.05) is 0 Å². The Bertz CT molecular complexity index is 1280. The highest BCUT2D eigenvalue weighted by atomic mass is 19.4. The van der Waals surface area contributed by atoms with Crippen molar-refractivity contribution in [2.45, 2.75) is 6.18 Å². The molecule has 40 heavy (non-hydrogen) atoms. The lowest BCUT2D eigenvalue weighted by Crippen LogP contribution is -2.48.